The zero-order valence-electron chi connectivity index (χ0n) is 15.2. The summed E-state index contributed by atoms with van der Waals surface area (Å²) >= 11 is 0. The fraction of sp³-hybridized carbons (Fsp3) is 0.350. The van der Waals surface area contributed by atoms with Crippen LogP contribution in [0.15, 0.2) is 53.5 Å². The fourth-order valence-corrected chi connectivity index (χ4v) is 2.92. The molecule has 1 aliphatic rings. The van der Waals surface area contributed by atoms with E-state index in [1.54, 1.807) is 7.11 Å². The molecule has 0 radical (unpaired) electrons. The van der Waals surface area contributed by atoms with Gasteiger partial charge in [0.25, 0.3) is 0 Å². The van der Waals surface area contributed by atoms with Crippen LogP contribution in [-0.4, -0.2) is 32.3 Å². The molecule has 1 aliphatic heterocycles. The van der Waals surface area contributed by atoms with Gasteiger partial charge in [0.2, 0.25) is 0 Å². The number of hydrogen-bond acceptors (Lipinski definition) is 3. The molecule has 0 aliphatic carbocycles. The molecule has 3 rings (SSSR count). The molecular weight excluding hydrogens is 441 g/mol. The Labute approximate surface area is 172 Å². The normalized spacial score (nSPS) is 15.5. The Morgan fingerprint density at radius 2 is 1.92 bits per heavy atom. The number of ether oxygens (including phenoxy) is 2. The summed E-state index contributed by atoms with van der Waals surface area (Å²) in [5, 5.41) is 6.66. The van der Waals surface area contributed by atoms with E-state index in [0.717, 1.165) is 36.0 Å². The molecule has 26 heavy (non-hydrogen) atoms. The average molecular weight is 467 g/mol. The zero-order valence-corrected chi connectivity index (χ0v) is 17.5. The molecule has 1 heterocycles. The lowest BCUT2D eigenvalue weighted by molar-refractivity contribution is 0.235. The molecule has 0 spiro atoms. The van der Waals surface area contributed by atoms with E-state index in [1.165, 1.54) is 5.56 Å². The third kappa shape index (κ3) is 5.27. The lowest BCUT2D eigenvalue weighted by Gasteiger charge is -2.15. The Bertz CT molecular complexity index is 712. The minimum atomic E-state index is 0. The van der Waals surface area contributed by atoms with Gasteiger partial charge >= 0.3 is 0 Å². The predicted octanol–water partition coefficient (Wildman–Crippen LogP) is 3.37. The quantitative estimate of drug-likeness (QED) is 0.389. The number of nitrogens with one attached hydrogen (secondary N) is 2. The highest BCUT2D eigenvalue weighted by Crippen LogP contribution is 2.27. The molecule has 2 N–H and O–H groups in total. The standard InChI is InChI=1S/C20H25N3O2.HI/c1-3-21-20(22-13-16-9-5-6-10-18(16)24-2)23-14-17-12-15-8-4-7-11-19(15)25-17;/h4-11,17H,3,12-14H2,1-2H3,(H2,21,22,23);1H. The van der Waals surface area contributed by atoms with Crippen LogP contribution in [0, 0.1) is 0 Å². The number of aliphatic imine (C=N–C) groups is 1. The van der Waals surface area contributed by atoms with E-state index in [-0.39, 0.29) is 30.1 Å². The van der Waals surface area contributed by atoms with Gasteiger partial charge in [0.1, 0.15) is 17.6 Å². The zero-order chi connectivity index (χ0) is 17.5. The van der Waals surface area contributed by atoms with Gasteiger partial charge in [-0.15, -0.1) is 24.0 Å². The maximum absolute atomic E-state index is 5.97. The van der Waals surface area contributed by atoms with Crippen LogP contribution in [0.25, 0.3) is 0 Å². The second-order valence-corrected chi connectivity index (χ2v) is 5.94. The third-order valence-electron chi connectivity index (χ3n) is 4.16. The van der Waals surface area contributed by atoms with Crippen LogP contribution in [0.1, 0.15) is 18.1 Å². The molecule has 140 valence electrons. The van der Waals surface area contributed by atoms with E-state index >= 15 is 0 Å². The van der Waals surface area contributed by atoms with Crippen molar-refractivity contribution in [3.05, 3.63) is 59.7 Å². The Morgan fingerprint density at radius 3 is 2.69 bits per heavy atom. The molecule has 0 amide bonds. The molecule has 0 saturated carbocycles. The SMILES string of the molecule is CCNC(=NCc1ccccc1OC)NCC1Cc2ccccc2O1.I. The van der Waals surface area contributed by atoms with Gasteiger partial charge in [-0.1, -0.05) is 36.4 Å². The van der Waals surface area contributed by atoms with E-state index in [4.69, 9.17) is 9.47 Å². The molecule has 6 heteroatoms. The van der Waals surface area contributed by atoms with Crippen molar-refractivity contribution in [3.63, 3.8) is 0 Å². The van der Waals surface area contributed by atoms with Crippen LogP contribution in [0.4, 0.5) is 0 Å². The van der Waals surface area contributed by atoms with Crippen molar-refractivity contribution in [2.75, 3.05) is 20.2 Å². The lowest BCUT2D eigenvalue weighted by Crippen LogP contribution is -2.42. The van der Waals surface area contributed by atoms with Crippen LogP contribution < -0.4 is 20.1 Å². The Hall–Kier alpha value is -1.96. The Balaban J connectivity index is 0.00000243. The van der Waals surface area contributed by atoms with Crippen LogP contribution in [0.5, 0.6) is 11.5 Å². The molecule has 0 saturated heterocycles. The lowest BCUT2D eigenvalue weighted by atomic mass is 10.1. The van der Waals surface area contributed by atoms with Gasteiger partial charge in [-0.2, -0.15) is 0 Å². The van der Waals surface area contributed by atoms with E-state index < -0.39 is 0 Å². The predicted molar refractivity (Wildman–Crippen MR) is 116 cm³/mol. The Morgan fingerprint density at radius 1 is 1.15 bits per heavy atom. The summed E-state index contributed by atoms with van der Waals surface area (Å²) in [5.41, 5.74) is 2.33. The van der Waals surface area contributed by atoms with Gasteiger partial charge in [-0.25, -0.2) is 4.99 Å². The maximum atomic E-state index is 5.97. The second kappa shape index (κ2) is 10.3. The minimum absolute atomic E-state index is 0. The number of benzene rings is 2. The van der Waals surface area contributed by atoms with Gasteiger partial charge < -0.3 is 20.1 Å². The number of para-hydroxylation sites is 2. The van der Waals surface area contributed by atoms with Crippen molar-refractivity contribution >= 4 is 29.9 Å². The number of methoxy groups -OCH3 is 1. The van der Waals surface area contributed by atoms with E-state index in [0.29, 0.717) is 13.1 Å². The highest BCUT2D eigenvalue weighted by atomic mass is 127. The summed E-state index contributed by atoms with van der Waals surface area (Å²) in [6.07, 6.45) is 1.06. The summed E-state index contributed by atoms with van der Waals surface area (Å²) in [7, 11) is 1.68. The number of guanidine groups is 1. The van der Waals surface area contributed by atoms with Crippen molar-refractivity contribution in [2.45, 2.75) is 26.0 Å². The number of hydrogen-bond donors (Lipinski definition) is 2. The molecule has 0 fully saturated rings. The van der Waals surface area contributed by atoms with E-state index in [1.807, 2.05) is 36.4 Å². The first-order valence-corrected chi connectivity index (χ1v) is 8.68. The molecule has 2 aromatic carbocycles. The van der Waals surface area contributed by atoms with Gasteiger partial charge in [0, 0.05) is 18.5 Å². The topological polar surface area (TPSA) is 54.9 Å². The van der Waals surface area contributed by atoms with E-state index in [2.05, 4.69) is 34.7 Å². The van der Waals surface area contributed by atoms with Gasteiger partial charge in [-0.05, 0) is 24.6 Å². The first kappa shape index (κ1) is 20.4. The number of halogens is 1. The summed E-state index contributed by atoms with van der Waals surface area (Å²) < 4.78 is 11.4. The van der Waals surface area contributed by atoms with Crippen molar-refractivity contribution in [3.8, 4) is 11.5 Å². The molecule has 5 nitrogen and oxygen atoms in total. The molecule has 2 aromatic rings. The van der Waals surface area contributed by atoms with Crippen molar-refractivity contribution in [1.29, 1.82) is 0 Å². The average Bonchev–Trinajstić information content (AvgIpc) is 3.07. The molecular formula is C20H26IN3O2. The first-order valence-electron chi connectivity index (χ1n) is 8.68. The fourth-order valence-electron chi connectivity index (χ4n) is 2.92. The van der Waals surface area contributed by atoms with Crippen LogP contribution in [0.3, 0.4) is 0 Å². The second-order valence-electron chi connectivity index (χ2n) is 5.94. The number of fused-ring (bicyclic) bond motifs is 1. The summed E-state index contributed by atoms with van der Waals surface area (Å²) in [4.78, 5) is 4.66. The highest BCUT2D eigenvalue weighted by molar-refractivity contribution is 14.0. The van der Waals surface area contributed by atoms with Crippen molar-refractivity contribution < 1.29 is 9.47 Å². The third-order valence-corrected chi connectivity index (χ3v) is 4.16. The first-order chi connectivity index (χ1) is 12.3. The number of rotatable bonds is 6. The Kier molecular flexibility index (Phi) is 8.03. The summed E-state index contributed by atoms with van der Waals surface area (Å²) in [6, 6.07) is 16.1. The van der Waals surface area contributed by atoms with Gasteiger partial charge in [0.15, 0.2) is 5.96 Å². The summed E-state index contributed by atoms with van der Waals surface area (Å²) in [5.74, 6) is 2.63. The minimum Gasteiger partial charge on any atom is -0.496 e. The van der Waals surface area contributed by atoms with Crippen LogP contribution >= 0.6 is 24.0 Å². The maximum Gasteiger partial charge on any atom is 0.191 e. The smallest absolute Gasteiger partial charge is 0.191 e. The molecule has 1 atom stereocenters. The molecule has 1 unspecified atom stereocenters. The van der Waals surface area contributed by atoms with Gasteiger partial charge in [-0.3, -0.25) is 0 Å². The summed E-state index contributed by atoms with van der Waals surface area (Å²) in [6.45, 7) is 4.14. The van der Waals surface area contributed by atoms with E-state index in [9.17, 15) is 0 Å². The number of nitrogens with zero attached hydrogens (tertiary/aromatic N) is 1. The van der Waals surface area contributed by atoms with Crippen molar-refractivity contribution in [1.82, 2.24) is 10.6 Å². The highest BCUT2D eigenvalue weighted by Gasteiger charge is 2.22. The van der Waals surface area contributed by atoms with Crippen LogP contribution in [-0.2, 0) is 13.0 Å². The molecule has 0 bridgehead atoms. The largest absolute Gasteiger partial charge is 0.496 e. The monoisotopic (exact) mass is 467 g/mol. The van der Waals surface area contributed by atoms with Crippen molar-refractivity contribution in [2.24, 2.45) is 4.99 Å². The molecule has 0 aromatic heterocycles. The van der Waals surface area contributed by atoms with Gasteiger partial charge in [0.05, 0.1) is 20.2 Å². The van der Waals surface area contributed by atoms with Crippen LogP contribution in [0.2, 0.25) is 0 Å².